The van der Waals surface area contributed by atoms with Crippen molar-refractivity contribution in [2.24, 2.45) is 0 Å². The molecular weight excluding hydrogens is 316 g/mol. The Morgan fingerprint density at radius 2 is 1.70 bits per heavy atom. The number of carbonyl (C=O) groups is 1. The Morgan fingerprint density at radius 1 is 1.04 bits per heavy atom. The van der Waals surface area contributed by atoms with E-state index in [2.05, 4.69) is 5.10 Å². The number of hydrogen-bond donors (Lipinski definition) is 1. The minimum atomic E-state index is -1.38. The summed E-state index contributed by atoms with van der Waals surface area (Å²) >= 11 is 6.20. The Balaban J connectivity index is 2.36. The smallest absolute Gasteiger partial charge is 0.360 e. The highest BCUT2D eigenvalue weighted by Gasteiger charge is 2.17. The second-order valence-corrected chi connectivity index (χ2v) is 5.18. The number of hydrogen-bond acceptors (Lipinski definition) is 3. The Labute approximate surface area is 136 Å². The van der Waals surface area contributed by atoms with Gasteiger partial charge >= 0.3 is 5.97 Å². The van der Waals surface area contributed by atoms with Gasteiger partial charge in [-0.2, -0.15) is 5.10 Å². The lowest BCUT2D eigenvalue weighted by molar-refractivity contribution is 0.0687. The zero-order valence-corrected chi connectivity index (χ0v) is 12.6. The molecule has 0 radical (unpaired) electrons. The van der Waals surface area contributed by atoms with Gasteiger partial charge in [0.25, 0.3) is 0 Å². The number of benzene rings is 2. The summed E-state index contributed by atoms with van der Waals surface area (Å²) in [5, 5.41) is 13.6. The van der Waals surface area contributed by atoms with E-state index in [4.69, 9.17) is 16.7 Å². The van der Waals surface area contributed by atoms with Crippen molar-refractivity contribution in [3.63, 3.8) is 0 Å². The molecule has 3 rings (SSSR count). The van der Waals surface area contributed by atoms with E-state index in [1.54, 1.807) is 24.3 Å². The average Bonchev–Trinajstić information content (AvgIpc) is 2.56. The minimum Gasteiger partial charge on any atom is -0.476 e. The van der Waals surface area contributed by atoms with Crippen LogP contribution in [0.2, 0.25) is 5.02 Å². The second kappa shape index (κ2) is 6.06. The van der Waals surface area contributed by atoms with Crippen LogP contribution < -0.4 is 5.43 Å². The Hall–Kier alpha value is -2.92. The lowest BCUT2D eigenvalue weighted by Crippen LogP contribution is -2.22. The fraction of sp³-hybridized carbons (Fsp3) is 0. The number of aromatic nitrogens is 2. The van der Waals surface area contributed by atoms with Gasteiger partial charge in [-0.25, -0.2) is 9.48 Å². The van der Waals surface area contributed by atoms with Crippen LogP contribution in [0.3, 0.4) is 0 Å². The topological polar surface area (TPSA) is 72.2 Å². The first-order chi connectivity index (χ1) is 11.1. The van der Waals surface area contributed by atoms with Crippen molar-refractivity contribution in [2.75, 3.05) is 0 Å². The zero-order valence-electron chi connectivity index (χ0n) is 11.8. The van der Waals surface area contributed by atoms with Gasteiger partial charge in [0.05, 0.1) is 16.4 Å². The normalized spacial score (nSPS) is 10.5. The molecule has 0 aliphatic rings. The van der Waals surface area contributed by atoms with E-state index in [-0.39, 0.29) is 0 Å². The van der Waals surface area contributed by atoms with Crippen molar-refractivity contribution in [3.8, 4) is 16.9 Å². The molecule has 0 atom stereocenters. The van der Waals surface area contributed by atoms with Crippen molar-refractivity contribution in [3.05, 3.63) is 81.6 Å². The first kappa shape index (κ1) is 15.0. The monoisotopic (exact) mass is 326 g/mol. The summed E-state index contributed by atoms with van der Waals surface area (Å²) in [5.74, 6) is -1.38. The maximum absolute atomic E-state index is 12.0. The molecule has 0 bridgehead atoms. The fourth-order valence-electron chi connectivity index (χ4n) is 2.23. The summed E-state index contributed by atoms with van der Waals surface area (Å²) in [6.07, 6.45) is 0. The third-order valence-electron chi connectivity index (χ3n) is 3.28. The average molecular weight is 327 g/mol. The number of para-hydroxylation sites is 1. The highest BCUT2D eigenvalue weighted by atomic mass is 35.5. The molecule has 0 saturated heterocycles. The molecule has 114 valence electrons. The van der Waals surface area contributed by atoms with E-state index in [9.17, 15) is 9.59 Å². The molecule has 5 nitrogen and oxygen atoms in total. The second-order valence-electron chi connectivity index (χ2n) is 4.78. The lowest BCUT2D eigenvalue weighted by Gasteiger charge is -2.14. The summed E-state index contributed by atoms with van der Waals surface area (Å²) in [7, 11) is 0. The molecule has 2 aromatic carbocycles. The Kier molecular flexibility index (Phi) is 3.95. The summed E-state index contributed by atoms with van der Waals surface area (Å²) in [4.78, 5) is 23.3. The summed E-state index contributed by atoms with van der Waals surface area (Å²) in [5.41, 5.74) is 0.488. The number of nitrogens with zero attached hydrogens (tertiary/aromatic N) is 2. The summed E-state index contributed by atoms with van der Waals surface area (Å²) in [6, 6.07) is 17.3. The van der Waals surface area contributed by atoms with Crippen molar-refractivity contribution in [1.82, 2.24) is 9.78 Å². The number of carboxylic acid groups (broad SMARTS) is 1. The van der Waals surface area contributed by atoms with Gasteiger partial charge in [-0.15, -0.1) is 0 Å². The Bertz CT molecular complexity index is 936. The molecule has 0 fully saturated rings. The third-order valence-corrected chi connectivity index (χ3v) is 3.60. The molecule has 0 aliphatic heterocycles. The van der Waals surface area contributed by atoms with Gasteiger partial charge < -0.3 is 5.11 Å². The molecule has 0 unspecified atom stereocenters. The van der Waals surface area contributed by atoms with E-state index in [1.807, 2.05) is 30.3 Å². The van der Waals surface area contributed by atoms with Crippen LogP contribution in [0, 0.1) is 0 Å². The van der Waals surface area contributed by atoms with Gasteiger partial charge in [0.1, 0.15) is 0 Å². The van der Waals surface area contributed by atoms with Crippen molar-refractivity contribution >= 4 is 17.6 Å². The van der Waals surface area contributed by atoms with Gasteiger partial charge in [-0.3, -0.25) is 4.79 Å². The fourth-order valence-corrected chi connectivity index (χ4v) is 2.44. The molecule has 3 aromatic rings. The van der Waals surface area contributed by atoms with Gasteiger partial charge in [0.15, 0.2) is 0 Å². The zero-order chi connectivity index (χ0) is 16.4. The molecule has 0 aliphatic carbocycles. The van der Waals surface area contributed by atoms with Gasteiger partial charge in [0, 0.05) is 11.6 Å². The Morgan fingerprint density at radius 3 is 2.35 bits per heavy atom. The SMILES string of the molecule is O=C(O)c1nn(-c2ccccc2Cl)c(-c2ccccc2)cc1=O. The van der Waals surface area contributed by atoms with Crippen molar-refractivity contribution < 1.29 is 9.90 Å². The molecule has 0 amide bonds. The van der Waals surface area contributed by atoms with Gasteiger partial charge in [0.2, 0.25) is 11.1 Å². The van der Waals surface area contributed by atoms with Gasteiger partial charge in [-0.1, -0.05) is 54.1 Å². The van der Waals surface area contributed by atoms with Crippen LogP contribution in [0.5, 0.6) is 0 Å². The lowest BCUT2D eigenvalue weighted by atomic mass is 10.1. The highest BCUT2D eigenvalue weighted by molar-refractivity contribution is 6.32. The van der Waals surface area contributed by atoms with E-state index in [0.717, 1.165) is 5.56 Å². The maximum atomic E-state index is 12.0. The van der Waals surface area contributed by atoms with Gasteiger partial charge in [-0.05, 0) is 12.1 Å². The first-order valence-electron chi connectivity index (χ1n) is 6.76. The largest absolute Gasteiger partial charge is 0.476 e. The number of halogens is 1. The van der Waals surface area contributed by atoms with E-state index >= 15 is 0 Å². The van der Waals surface area contributed by atoms with Crippen molar-refractivity contribution in [2.45, 2.75) is 0 Å². The molecule has 1 aromatic heterocycles. The van der Waals surface area contributed by atoms with Crippen LogP contribution in [0.4, 0.5) is 0 Å². The number of carboxylic acids is 1. The van der Waals surface area contributed by atoms with E-state index < -0.39 is 17.1 Å². The maximum Gasteiger partial charge on any atom is 0.360 e. The standard InChI is InChI=1S/C17H11ClN2O3/c18-12-8-4-5-9-13(12)20-14(11-6-2-1-3-7-11)10-15(21)16(19-20)17(22)23/h1-10H,(H,22,23). The first-order valence-corrected chi connectivity index (χ1v) is 7.14. The highest BCUT2D eigenvalue weighted by Crippen LogP contribution is 2.25. The molecule has 6 heteroatoms. The van der Waals surface area contributed by atoms with Crippen LogP contribution >= 0.6 is 11.6 Å². The van der Waals surface area contributed by atoms with Crippen LogP contribution in [0.1, 0.15) is 10.5 Å². The molecule has 0 saturated carbocycles. The van der Waals surface area contributed by atoms with Crippen LogP contribution in [-0.2, 0) is 0 Å². The summed E-state index contributed by atoms with van der Waals surface area (Å²) in [6.45, 7) is 0. The molecular formula is C17H11ClN2O3. The molecule has 1 heterocycles. The number of rotatable bonds is 3. The van der Waals surface area contributed by atoms with Crippen molar-refractivity contribution in [1.29, 1.82) is 0 Å². The third kappa shape index (κ3) is 2.86. The quantitative estimate of drug-likeness (QED) is 0.802. The van der Waals surface area contributed by atoms with Crippen LogP contribution in [-0.4, -0.2) is 20.9 Å². The number of aromatic carboxylic acids is 1. The van der Waals surface area contributed by atoms with Crippen LogP contribution in [0.25, 0.3) is 16.9 Å². The summed E-state index contributed by atoms with van der Waals surface area (Å²) < 4.78 is 1.38. The van der Waals surface area contributed by atoms with E-state index in [0.29, 0.717) is 16.4 Å². The van der Waals surface area contributed by atoms with E-state index in [1.165, 1.54) is 10.7 Å². The molecule has 1 N–H and O–H groups in total. The molecule has 0 spiro atoms. The predicted molar refractivity (Wildman–Crippen MR) is 87.2 cm³/mol. The minimum absolute atomic E-state index is 0.400. The van der Waals surface area contributed by atoms with Crippen LogP contribution in [0.15, 0.2) is 65.5 Å². The predicted octanol–water partition coefficient (Wildman–Crippen LogP) is 3.25. The molecule has 23 heavy (non-hydrogen) atoms.